The molecule has 0 aliphatic carbocycles. The molecule has 3 rings (SSSR count). The van der Waals surface area contributed by atoms with E-state index in [4.69, 9.17) is 28.2 Å². The molecule has 0 aliphatic heterocycles. The first-order valence-corrected chi connectivity index (χ1v) is 12.6. The van der Waals surface area contributed by atoms with E-state index in [9.17, 15) is 13.2 Å². The predicted molar refractivity (Wildman–Crippen MR) is 126 cm³/mol. The van der Waals surface area contributed by atoms with Crippen molar-refractivity contribution < 1.29 is 18.3 Å². The molecule has 0 fully saturated rings. The lowest BCUT2D eigenvalue weighted by Gasteiger charge is -2.12. The molecule has 11 heteroatoms. The topological polar surface area (TPSA) is 136 Å². The van der Waals surface area contributed by atoms with Crippen molar-refractivity contribution in [2.75, 3.05) is 12.0 Å². The van der Waals surface area contributed by atoms with Crippen LogP contribution in [0.3, 0.4) is 0 Å². The van der Waals surface area contributed by atoms with Gasteiger partial charge in [-0.2, -0.15) is 4.99 Å². The van der Waals surface area contributed by atoms with Crippen LogP contribution in [0.5, 0.6) is 0 Å². The zero-order chi connectivity index (χ0) is 22.9. The van der Waals surface area contributed by atoms with Crippen molar-refractivity contribution in [3.8, 4) is 11.1 Å². The second kappa shape index (κ2) is 8.91. The minimum Gasteiger partial charge on any atom is -0.463 e. The van der Waals surface area contributed by atoms with Crippen LogP contribution in [0.15, 0.2) is 61.5 Å². The van der Waals surface area contributed by atoms with Gasteiger partial charge in [0, 0.05) is 11.3 Å². The van der Waals surface area contributed by atoms with Crippen LogP contribution in [-0.2, 0) is 9.84 Å². The van der Waals surface area contributed by atoms with Gasteiger partial charge in [-0.3, -0.25) is 0 Å². The highest BCUT2D eigenvalue weighted by atomic mass is 35.5. The summed E-state index contributed by atoms with van der Waals surface area (Å²) >= 11 is 8.67. The molecule has 0 atom stereocenters. The second-order valence-electron chi connectivity index (χ2n) is 6.47. The summed E-state index contributed by atoms with van der Waals surface area (Å²) in [6, 6.07) is 11.2. The summed E-state index contributed by atoms with van der Waals surface area (Å²) in [5.74, 6) is -0.257. The number of carbonyl (C=O) groups is 1. The minimum atomic E-state index is -3.92. The number of rotatable bonds is 5. The van der Waals surface area contributed by atoms with Gasteiger partial charge in [0.2, 0.25) is 9.84 Å². The summed E-state index contributed by atoms with van der Waals surface area (Å²) in [5.41, 5.74) is 14.2. The van der Waals surface area contributed by atoms with E-state index in [-0.39, 0.29) is 20.5 Å². The maximum Gasteiger partial charge on any atom is 0.433 e. The monoisotopic (exact) mass is 495 g/mol. The first-order valence-electron chi connectivity index (χ1n) is 8.71. The number of sulfone groups is 1. The standard InChI is InChI=1S/C20H18ClN3O4S3/c1-10-6-12(22)8-14(21)17(10)11-4-3-5-13(7-11)31(27,28)16-9-15(30-19(16)29-2)18(23)24-20(25)26/h3-9H,22H2,1-2H3,(H2,23,24)(H,25,26). The number of amidine groups is 1. The molecule has 5 N–H and O–H groups in total. The number of hydrogen-bond acceptors (Lipinski definition) is 6. The van der Waals surface area contributed by atoms with E-state index in [2.05, 4.69) is 4.99 Å². The zero-order valence-corrected chi connectivity index (χ0v) is 19.6. The fraction of sp³-hybridized carbons (Fsp3) is 0.100. The number of aliphatic imine (C=N–C) groups is 1. The quantitative estimate of drug-likeness (QED) is 0.198. The van der Waals surface area contributed by atoms with Gasteiger partial charge < -0.3 is 16.6 Å². The van der Waals surface area contributed by atoms with E-state index in [1.54, 1.807) is 36.6 Å². The molecule has 1 aromatic heterocycles. The van der Waals surface area contributed by atoms with Gasteiger partial charge in [0.25, 0.3) is 0 Å². The van der Waals surface area contributed by atoms with Crippen LogP contribution in [-0.4, -0.2) is 31.7 Å². The summed E-state index contributed by atoms with van der Waals surface area (Å²) in [6.45, 7) is 1.85. The molecule has 3 aromatic rings. The van der Waals surface area contributed by atoms with E-state index in [0.29, 0.717) is 26.0 Å². The molecule has 0 saturated carbocycles. The predicted octanol–water partition coefficient (Wildman–Crippen LogP) is 4.90. The van der Waals surface area contributed by atoms with Crippen LogP contribution in [0.4, 0.5) is 10.5 Å². The third-order valence-electron chi connectivity index (χ3n) is 4.35. The van der Waals surface area contributed by atoms with Crippen LogP contribution in [0.25, 0.3) is 11.1 Å². The zero-order valence-electron chi connectivity index (χ0n) is 16.4. The average molecular weight is 496 g/mol. The van der Waals surface area contributed by atoms with Crippen molar-refractivity contribution in [1.29, 1.82) is 0 Å². The largest absolute Gasteiger partial charge is 0.463 e. The van der Waals surface area contributed by atoms with Gasteiger partial charge in [-0.15, -0.1) is 23.1 Å². The normalized spacial score (nSPS) is 12.2. The molecular formula is C20H18ClN3O4S3. The van der Waals surface area contributed by atoms with Crippen LogP contribution < -0.4 is 11.5 Å². The first-order chi connectivity index (χ1) is 14.5. The third kappa shape index (κ3) is 4.72. The molecule has 0 spiro atoms. The lowest BCUT2D eigenvalue weighted by atomic mass is 10.00. The van der Waals surface area contributed by atoms with Crippen molar-refractivity contribution in [3.63, 3.8) is 0 Å². The minimum absolute atomic E-state index is 0.0424. The number of carboxylic acid groups (broad SMARTS) is 1. The van der Waals surface area contributed by atoms with Crippen LogP contribution in [0.1, 0.15) is 10.4 Å². The summed E-state index contributed by atoms with van der Waals surface area (Å²) in [7, 11) is -3.92. The number of benzene rings is 2. The number of aryl methyl sites for hydroxylation is 1. The first kappa shape index (κ1) is 23.1. The summed E-state index contributed by atoms with van der Waals surface area (Å²) in [4.78, 5) is 14.4. The Morgan fingerprint density at radius 1 is 1.23 bits per heavy atom. The number of nitrogens with two attached hydrogens (primary N) is 2. The molecule has 0 radical (unpaired) electrons. The van der Waals surface area contributed by atoms with Gasteiger partial charge in [0.1, 0.15) is 5.84 Å². The van der Waals surface area contributed by atoms with Gasteiger partial charge in [-0.05, 0) is 54.6 Å². The number of nitrogens with zero attached hydrogens (tertiary/aromatic N) is 1. The van der Waals surface area contributed by atoms with Crippen molar-refractivity contribution in [3.05, 3.63) is 57.9 Å². The fourth-order valence-electron chi connectivity index (χ4n) is 3.05. The van der Waals surface area contributed by atoms with E-state index < -0.39 is 15.9 Å². The summed E-state index contributed by atoms with van der Waals surface area (Å²) < 4.78 is 27.3. The highest BCUT2D eigenvalue weighted by molar-refractivity contribution is 8.01. The van der Waals surface area contributed by atoms with Gasteiger partial charge in [0.05, 0.1) is 23.9 Å². The molecule has 0 saturated heterocycles. The number of thioether (sulfide) groups is 1. The Bertz CT molecular complexity index is 1290. The molecular weight excluding hydrogens is 478 g/mol. The Labute approximate surface area is 192 Å². The molecule has 162 valence electrons. The molecule has 2 aromatic carbocycles. The second-order valence-corrected chi connectivity index (χ2v) is 10.9. The maximum atomic E-state index is 13.4. The Morgan fingerprint density at radius 2 is 1.94 bits per heavy atom. The lowest BCUT2D eigenvalue weighted by molar-refractivity contribution is 0.205. The highest BCUT2D eigenvalue weighted by Gasteiger charge is 2.26. The van der Waals surface area contributed by atoms with E-state index in [1.165, 1.54) is 23.9 Å². The van der Waals surface area contributed by atoms with E-state index in [1.807, 2.05) is 6.92 Å². The molecule has 1 amide bonds. The Kier molecular flexibility index (Phi) is 6.65. The van der Waals surface area contributed by atoms with Gasteiger partial charge >= 0.3 is 6.09 Å². The number of anilines is 1. The molecule has 0 aliphatic rings. The van der Waals surface area contributed by atoms with E-state index in [0.717, 1.165) is 16.9 Å². The van der Waals surface area contributed by atoms with Crippen molar-refractivity contribution in [1.82, 2.24) is 0 Å². The lowest BCUT2D eigenvalue weighted by Crippen LogP contribution is -2.13. The third-order valence-corrected chi connectivity index (χ3v) is 8.98. The molecule has 1 heterocycles. The average Bonchev–Trinajstić information content (AvgIpc) is 3.12. The SMILES string of the molecule is CSc1sc(/C(N)=N\C(=O)O)cc1S(=O)(=O)c1cccc(-c2c(C)cc(N)cc2Cl)c1. The number of thiophene rings is 1. The fourth-order valence-corrected chi connectivity index (χ4v) is 7.38. The number of halogens is 1. The number of hydrogen-bond donors (Lipinski definition) is 3. The van der Waals surface area contributed by atoms with Crippen LogP contribution >= 0.6 is 34.7 Å². The van der Waals surface area contributed by atoms with Crippen LogP contribution in [0.2, 0.25) is 5.02 Å². The smallest absolute Gasteiger partial charge is 0.433 e. The van der Waals surface area contributed by atoms with Crippen LogP contribution in [0, 0.1) is 6.92 Å². The van der Waals surface area contributed by atoms with Gasteiger partial charge in [-0.1, -0.05) is 23.7 Å². The maximum absolute atomic E-state index is 13.4. The Balaban J connectivity index is 2.14. The van der Waals surface area contributed by atoms with Crippen molar-refractivity contribution >= 4 is 62.2 Å². The summed E-state index contributed by atoms with van der Waals surface area (Å²) in [5, 5.41) is 9.24. The summed E-state index contributed by atoms with van der Waals surface area (Å²) in [6.07, 6.45) is 0.275. The molecule has 7 nitrogen and oxygen atoms in total. The molecule has 31 heavy (non-hydrogen) atoms. The number of nitrogen functional groups attached to an aromatic ring is 1. The molecule has 0 bridgehead atoms. The van der Waals surface area contributed by atoms with Gasteiger partial charge in [0.15, 0.2) is 0 Å². The van der Waals surface area contributed by atoms with Gasteiger partial charge in [-0.25, -0.2) is 13.2 Å². The Morgan fingerprint density at radius 3 is 2.55 bits per heavy atom. The van der Waals surface area contributed by atoms with Crippen molar-refractivity contribution in [2.24, 2.45) is 10.7 Å². The van der Waals surface area contributed by atoms with E-state index >= 15 is 0 Å². The van der Waals surface area contributed by atoms with Crippen molar-refractivity contribution in [2.45, 2.75) is 20.9 Å². The number of amides is 1. The Hall–Kier alpha value is -2.53. The molecule has 0 unspecified atom stereocenters. The highest BCUT2D eigenvalue weighted by Crippen LogP contribution is 2.39.